The van der Waals surface area contributed by atoms with Crippen molar-refractivity contribution in [3.05, 3.63) is 35.6 Å². The highest BCUT2D eigenvalue weighted by molar-refractivity contribution is 5.85. The van der Waals surface area contributed by atoms with E-state index in [4.69, 9.17) is 4.74 Å². The zero-order valence-corrected chi connectivity index (χ0v) is 9.86. The smallest absolute Gasteiger partial charge is 0.167 e. The number of hydrogen-bond donors (Lipinski definition) is 0. The molecule has 0 N–H and O–H groups in total. The van der Waals surface area contributed by atoms with Gasteiger partial charge in [-0.1, -0.05) is 12.1 Å². The summed E-state index contributed by atoms with van der Waals surface area (Å²) in [6.07, 6.45) is -0.145. The van der Waals surface area contributed by atoms with Crippen LogP contribution in [-0.4, -0.2) is 43.5 Å². The zero-order valence-electron chi connectivity index (χ0n) is 9.86. The third-order valence-corrected chi connectivity index (χ3v) is 2.90. The molecule has 0 aromatic heterocycles. The minimum absolute atomic E-state index is 0.0159. The van der Waals surface area contributed by atoms with Crippen molar-refractivity contribution in [1.82, 2.24) is 4.90 Å². The summed E-state index contributed by atoms with van der Waals surface area (Å²) in [5.74, 6) is -0.292. The van der Waals surface area contributed by atoms with Crippen LogP contribution in [0.15, 0.2) is 24.3 Å². The molecule has 1 atom stereocenters. The molecule has 1 saturated heterocycles. The maximum Gasteiger partial charge on any atom is 0.167 e. The van der Waals surface area contributed by atoms with Gasteiger partial charge in [0.2, 0.25) is 0 Å². The average Bonchev–Trinajstić information content (AvgIpc) is 2.29. The van der Waals surface area contributed by atoms with Crippen molar-refractivity contribution in [2.24, 2.45) is 0 Å². The number of morpholine rings is 1. The van der Waals surface area contributed by atoms with Gasteiger partial charge in [-0.2, -0.15) is 0 Å². The molecular formula is C13H16FNO2. The molecule has 0 amide bonds. The normalized spacial score (nSPS) is 21.4. The van der Waals surface area contributed by atoms with Crippen LogP contribution < -0.4 is 0 Å². The van der Waals surface area contributed by atoms with Gasteiger partial charge in [0, 0.05) is 19.5 Å². The largest absolute Gasteiger partial charge is 0.368 e. The molecule has 0 radical (unpaired) electrons. The molecule has 1 aliphatic heterocycles. The molecule has 2 rings (SSSR count). The number of benzene rings is 1. The molecular weight excluding hydrogens is 221 g/mol. The lowest BCUT2D eigenvalue weighted by atomic mass is 10.0. The number of hydrogen-bond acceptors (Lipinski definition) is 3. The molecule has 1 unspecified atom stereocenters. The van der Waals surface area contributed by atoms with Crippen LogP contribution in [-0.2, 0) is 16.0 Å². The number of nitrogens with zero attached hydrogens (tertiary/aromatic N) is 1. The zero-order chi connectivity index (χ0) is 12.3. The summed E-state index contributed by atoms with van der Waals surface area (Å²) in [5.41, 5.74) is 0.701. The summed E-state index contributed by atoms with van der Waals surface area (Å²) >= 11 is 0. The fraction of sp³-hybridized carbons (Fsp3) is 0.462. The Morgan fingerprint density at radius 2 is 2.41 bits per heavy atom. The molecule has 0 spiro atoms. The lowest BCUT2D eigenvalue weighted by Crippen LogP contribution is -2.44. The molecule has 1 aliphatic rings. The Kier molecular flexibility index (Phi) is 3.86. The van der Waals surface area contributed by atoms with Crippen molar-refractivity contribution in [2.45, 2.75) is 12.5 Å². The van der Waals surface area contributed by atoms with E-state index >= 15 is 0 Å². The highest BCUT2D eigenvalue weighted by Gasteiger charge is 2.24. The van der Waals surface area contributed by atoms with Gasteiger partial charge in [0.25, 0.3) is 0 Å². The first kappa shape index (κ1) is 12.2. The third-order valence-electron chi connectivity index (χ3n) is 2.90. The van der Waals surface area contributed by atoms with Crippen LogP contribution in [0.4, 0.5) is 4.39 Å². The van der Waals surface area contributed by atoms with E-state index in [9.17, 15) is 9.18 Å². The predicted octanol–water partition coefficient (Wildman–Crippen LogP) is 1.27. The second kappa shape index (κ2) is 5.38. The van der Waals surface area contributed by atoms with E-state index in [2.05, 4.69) is 4.90 Å². The molecule has 0 saturated carbocycles. The van der Waals surface area contributed by atoms with Crippen molar-refractivity contribution >= 4 is 5.78 Å². The molecule has 0 bridgehead atoms. The van der Waals surface area contributed by atoms with Gasteiger partial charge in [-0.05, 0) is 24.7 Å². The van der Waals surface area contributed by atoms with Gasteiger partial charge in [0.1, 0.15) is 11.9 Å². The molecule has 1 heterocycles. The lowest BCUT2D eigenvalue weighted by Gasteiger charge is -2.29. The van der Waals surface area contributed by atoms with Crippen molar-refractivity contribution in [3.8, 4) is 0 Å². The summed E-state index contributed by atoms with van der Waals surface area (Å²) in [5, 5.41) is 0. The molecule has 3 nitrogen and oxygen atoms in total. The van der Waals surface area contributed by atoms with E-state index in [0.717, 1.165) is 6.54 Å². The summed E-state index contributed by atoms with van der Waals surface area (Å²) in [7, 11) is 1.96. The van der Waals surface area contributed by atoms with E-state index < -0.39 is 0 Å². The number of carbonyl (C=O) groups excluding carboxylic acids is 1. The van der Waals surface area contributed by atoms with E-state index in [1.165, 1.54) is 12.1 Å². The third kappa shape index (κ3) is 3.35. The minimum atomic E-state index is -0.378. The maximum absolute atomic E-state index is 13.0. The first-order valence-electron chi connectivity index (χ1n) is 5.72. The van der Waals surface area contributed by atoms with Crippen LogP contribution in [0.1, 0.15) is 5.56 Å². The molecule has 4 heteroatoms. The summed E-state index contributed by atoms with van der Waals surface area (Å²) < 4.78 is 18.4. The van der Waals surface area contributed by atoms with Crippen molar-refractivity contribution in [2.75, 3.05) is 26.7 Å². The Morgan fingerprint density at radius 1 is 1.59 bits per heavy atom. The van der Waals surface area contributed by atoms with E-state index in [1.54, 1.807) is 12.1 Å². The standard InChI is InChI=1S/C13H16FNO2/c1-15-5-6-17-13(9-15)12(16)8-10-3-2-4-11(14)7-10/h2-4,7,13H,5-6,8-9H2,1H3. The van der Waals surface area contributed by atoms with E-state index in [-0.39, 0.29) is 24.1 Å². The van der Waals surface area contributed by atoms with Crippen molar-refractivity contribution in [3.63, 3.8) is 0 Å². The Hall–Kier alpha value is -1.26. The Labute approximate surface area is 100 Å². The first-order chi connectivity index (χ1) is 8.15. The van der Waals surface area contributed by atoms with Crippen LogP contribution in [0.3, 0.4) is 0 Å². The average molecular weight is 237 g/mol. The van der Waals surface area contributed by atoms with Crippen LogP contribution in [0.2, 0.25) is 0 Å². The minimum Gasteiger partial charge on any atom is -0.368 e. The van der Waals surface area contributed by atoms with Gasteiger partial charge in [-0.25, -0.2) is 4.39 Å². The SMILES string of the molecule is CN1CCOC(C(=O)Cc2cccc(F)c2)C1. The molecule has 1 aromatic carbocycles. The Bertz CT molecular complexity index is 408. The second-order valence-corrected chi connectivity index (χ2v) is 4.39. The van der Waals surface area contributed by atoms with Gasteiger partial charge < -0.3 is 9.64 Å². The quantitative estimate of drug-likeness (QED) is 0.793. The number of halogens is 1. The molecule has 1 fully saturated rings. The number of ether oxygens (including phenoxy) is 1. The summed E-state index contributed by atoms with van der Waals surface area (Å²) in [6.45, 7) is 2.05. The van der Waals surface area contributed by atoms with Crippen LogP contribution >= 0.6 is 0 Å². The predicted molar refractivity (Wildman–Crippen MR) is 62.3 cm³/mol. The van der Waals surface area contributed by atoms with Gasteiger partial charge in [-0.3, -0.25) is 4.79 Å². The number of ketones is 1. The van der Waals surface area contributed by atoms with Crippen molar-refractivity contribution in [1.29, 1.82) is 0 Å². The van der Waals surface area contributed by atoms with Crippen LogP contribution in [0.5, 0.6) is 0 Å². The van der Waals surface area contributed by atoms with Crippen molar-refractivity contribution < 1.29 is 13.9 Å². The van der Waals surface area contributed by atoms with Gasteiger partial charge in [-0.15, -0.1) is 0 Å². The fourth-order valence-corrected chi connectivity index (χ4v) is 1.93. The molecule has 1 aromatic rings. The molecule has 92 valence electrons. The molecule has 0 aliphatic carbocycles. The van der Waals surface area contributed by atoms with Gasteiger partial charge in [0.15, 0.2) is 5.78 Å². The number of Topliss-reactive ketones (excluding diaryl/α,β-unsaturated/α-hetero) is 1. The summed E-state index contributed by atoms with van der Waals surface area (Å²) in [4.78, 5) is 14.0. The fourth-order valence-electron chi connectivity index (χ4n) is 1.93. The topological polar surface area (TPSA) is 29.5 Å². The monoisotopic (exact) mass is 237 g/mol. The second-order valence-electron chi connectivity index (χ2n) is 4.39. The van der Waals surface area contributed by atoms with Crippen LogP contribution in [0, 0.1) is 5.82 Å². The Morgan fingerprint density at radius 3 is 3.12 bits per heavy atom. The highest BCUT2D eigenvalue weighted by Crippen LogP contribution is 2.10. The van der Waals surface area contributed by atoms with Gasteiger partial charge in [0.05, 0.1) is 6.61 Å². The lowest BCUT2D eigenvalue weighted by molar-refractivity contribution is -0.134. The highest BCUT2D eigenvalue weighted by atomic mass is 19.1. The molecule has 17 heavy (non-hydrogen) atoms. The summed E-state index contributed by atoms with van der Waals surface area (Å²) in [6, 6.07) is 6.14. The number of carbonyl (C=O) groups is 1. The van der Waals surface area contributed by atoms with Gasteiger partial charge >= 0.3 is 0 Å². The maximum atomic E-state index is 13.0. The van der Waals surface area contributed by atoms with E-state index in [0.29, 0.717) is 18.7 Å². The van der Waals surface area contributed by atoms with Crippen LogP contribution in [0.25, 0.3) is 0 Å². The number of likely N-dealkylation sites (N-methyl/N-ethyl adjacent to an activating group) is 1. The Balaban J connectivity index is 1.96. The first-order valence-corrected chi connectivity index (χ1v) is 5.72. The van der Waals surface area contributed by atoms with E-state index in [1.807, 2.05) is 7.05 Å². The number of rotatable bonds is 3.